The molecule has 0 atom stereocenters. The fourth-order valence-corrected chi connectivity index (χ4v) is 2.43. The van der Waals surface area contributed by atoms with Crippen molar-refractivity contribution >= 4 is 27.5 Å². The Morgan fingerprint density at radius 3 is 2.85 bits per heavy atom. The van der Waals surface area contributed by atoms with Gasteiger partial charge in [0.2, 0.25) is 11.8 Å². The smallest absolute Gasteiger partial charge is 0.233 e. The van der Waals surface area contributed by atoms with Crippen LogP contribution < -0.4 is 10.1 Å². The first-order valence-corrected chi connectivity index (χ1v) is 6.61. The van der Waals surface area contributed by atoms with Gasteiger partial charge in [-0.25, -0.2) is 13.8 Å². The van der Waals surface area contributed by atoms with E-state index in [1.54, 1.807) is 13.1 Å². The summed E-state index contributed by atoms with van der Waals surface area (Å²) in [4.78, 5) is 9.08. The molecule has 3 rings (SSSR count). The number of hydrogen-bond donors (Lipinski definition) is 1. The molecule has 0 saturated carbocycles. The van der Waals surface area contributed by atoms with E-state index in [-0.39, 0.29) is 11.6 Å². The molecule has 102 valence electrons. The number of rotatable bonds is 3. The van der Waals surface area contributed by atoms with Crippen molar-refractivity contribution in [2.24, 2.45) is 0 Å². The van der Waals surface area contributed by atoms with Gasteiger partial charge in [0.15, 0.2) is 11.6 Å². The standard InChI is InChI=1S/C13H9F2N3OS/c1-16-13-17-11(8-4-5-20-12(8)18-13)19-10-6-7(14)2-3-9(10)15/h2-6H,1H3,(H,16,17,18). The van der Waals surface area contributed by atoms with Crippen LogP contribution >= 0.6 is 11.3 Å². The molecule has 0 aliphatic carbocycles. The topological polar surface area (TPSA) is 47.0 Å². The number of anilines is 1. The highest BCUT2D eigenvalue weighted by Gasteiger charge is 2.13. The second kappa shape index (κ2) is 5.01. The first-order chi connectivity index (χ1) is 9.67. The Kier molecular flexibility index (Phi) is 3.19. The molecule has 0 fully saturated rings. The molecule has 0 aliphatic rings. The summed E-state index contributed by atoms with van der Waals surface area (Å²) in [5.74, 6) is -0.902. The third kappa shape index (κ3) is 2.27. The van der Waals surface area contributed by atoms with Crippen LogP contribution in [-0.2, 0) is 0 Å². The molecule has 4 nitrogen and oxygen atoms in total. The predicted molar refractivity (Wildman–Crippen MR) is 73.4 cm³/mol. The van der Waals surface area contributed by atoms with Gasteiger partial charge in [0.05, 0.1) is 5.39 Å². The SMILES string of the molecule is CNc1nc(Oc2cc(F)ccc2F)c2ccsc2n1. The number of halogens is 2. The van der Waals surface area contributed by atoms with Crippen LogP contribution in [-0.4, -0.2) is 17.0 Å². The van der Waals surface area contributed by atoms with E-state index in [9.17, 15) is 8.78 Å². The summed E-state index contributed by atoms with van der Waals surface area (Å²) >= 11 is 1.41. The van der Waals surface area contributed by atoms with Crippen molar-refractivity contribution in [3.05, 3.63) is 41.3 Å². The highest BCUT2D eigenvalue weighted by molar-refractivity contribution is 7.16. The van der Waals surface area contributed by atoms with E-state index < -0.39 is 11.6 Å². The molecule has 20 heavy (non-hydrogen) atoms. The minimum atomic E-state index is -0.653. The second-order valence-corrected chi connectivity index (χ2v) is 4.81. The number of ether oxygens (including phenoxy) is 1. The Balaban J connectivity index is 2.09. The molecule has 0 radical (unpaired) electrons. The number of nitrogens with one attached hydrogen (secondary N) is 1. The summed E-state index contributed by atoms with van der Waals surface area (Å²) in [5.41, 5.74) is 0. The molecular formula is C13H9F2N3OS. The van der Waals surface area contributed by atoms with Crippen molar-refractivity contribution in [3.63, 3.8) is 0 Å². The number of nitrogens with zero attached hydrogens (tertiary/aromatic N) is 2. The van der Waals surface area contributed by atoms with E-state index in [1.807, 2.05) is 5.38 Å². The average Bonchev–Trinajstić information content (AvgIpc) is 2.91. The molecule has 0 aliphatic heterocycles. The van der Waals surface area contributed by atoms with Gasteiger partial charge in [0, 0.05) is 13.1 Å². The molecular weight excluding hydrogens is 284 g/mol. The molecule has 0 amide bonds. The number of hydrogen-bond acceptors (Lipinski definition) is 5. The molecule has 0 unspecified atom stereocenters. The second-order valence-electron chi connectivity index (χ2n) is 3.92. The number of benzene rings is 1. The van der Waals surface area contributed by atoms with Crippen LogP contribution in [0.4, 0.5) is 14.7 Å². The van der Waals surface area contributed by atoms with Gasteiger partial charge in [0.25, 0.3) is 0 Å². The van der Waals surface area contributed by atoms with Gasteiger partial charge in [-0.3, -0.25) is 0 Å². The van der Waals surface area contributed by atoms with Crippen molar-refractivity contribution < 1.29 is 13.5 Å². The highest BCUT2D eigenvalue weighted by Crippen LogP contribution is 2.32. The first kappa shape index (κ1) is 12.7. The van der Waals surface area contributed by atoms with Gasteiger partial charge in [-0.2, -0.15) is 4.98 Å². The van der Waals surface area contributed by atoms with Crippen LogP contribution in [0.3, 0.4) is 0 Å². The zero-order chi connectivity index (χ0) is 14.1. The largest absolute Gasteiger partial charge is 0.435 e. The zero-order valence-electron chi connectivity index (χ0n) is 10.4. The third-order valence-electron chi connectivity index (χ3n) is 2.61. The quantitative estimate of drug-likeness (QED) is 0.798. The van der Waals surface area contributed by atoms with Gasteiger partial charge in [-0.15, -0.1) is 11.3 Å². The van der Waals surface area contributed by atoms with Crippen LogP contribution in [0.2, 0.25) is 0 Å². The van der Waals surface area contributed by atoms with Crippen molar-refractivity contribution in [1.82, 2.24) is 9.97 Å². The van der Waals surface area contributed by atoms with E-state index in [0.29, 0.717) is 16.2 Å². The fourth-order valence-electron chi connectivity index (χ4n) is 1.68. The number of thiophene rings is 1. The molecule has 2 heterocycles. The Morgan fingerprint density at radius 2 is 2.05 bits per heavy atom. The summed E-state index contributed by atoms with van der Waals surface area (Å²) < 4.78 is 32.2. The summed E-state index contributed by atoms with van der Waals surface area (Å²) in [6.07, 6.45) is 0. The van der Waals surface area contributed by atoms with E-state index in [0.717, 1.165) is 18.2 Å². The predicted octanol–water partition coefficient (Wildman–Crippen LogP) is 3.80. The van der Waals surface area contributed by atoms with Gasteiger partial charge in [-0.05, 0) is 23.6 Å². The minimum absolute atomic E-state index is 0.185. The molecule has 0 bridgehead atoms. The monoisotopic (exact) mass is 293 g/mol. The lowest BCUT2D eigenvalue weighted by Crippen LogP contribution is -1.99. The highest BCUT2D eigenvalue weighted by atomic mass is 32.1. The van der Waals surface area contributed by atoms with Gasteiger partial charge < -0.3 is 10.1 Å². The van der Waals surface area contributed by atoms with Crippen LogP contribution in [0.15, 0.2) is 29.6 Å². The number of aromatic nitrogens is 2. The van der Waals surface area contributed by atoms with Crippen LogP contribution in [0.5, 0.6) is 11.6 Å². The van der Waals surface area contributed by atoms with E-state index in [1.165, 1.54) is 11.3 Å². The van der Waals surface area contributed by atoms with Gasteiger partial charge >= 0.3 is 0 Å². The van der Waals surface area contributed by atoms with Crippen molar-refractivity contribution in [3.8, 4) is 11.6 Å². The van der Waals surface area contributed by atoms with Crippen molar-refractivity contribution in [2.45, 2.75) is 0 Å². The van der Waals surface area contributed by atoms with Gasteiger partial charge in [0.1, 0.15) is 10.6 Å². The zero-order valence-corrected chi connectivity index (χ0v) is 11.2. The van der Waals surface area contributed by atoms with Crippen molar-refractivity contribution in [2.75, 3.05) is 12.4 Å². The number of fused-ring (bicyclic) bond motifs is 1. The average molecular weight is 293 g/mol. The maximum absolute atomic E-state index is 13.6. The van der Waals surface area contributed by atoms with Crippen molar-refractivity contribution in [1.29, 1.82) is 0 Å². The molecule has 1 aromatic carbocycles. The minimum Gasteiger partial charge on any atom is -0.435 e. The Hall–Kier alpha value is -2.28. The summed E-state index contributed by atoms with van der Waals surface area (Å²) in [6.45, 7) is 0. The fraction of sp³-hybridized carbons (Fsp3) is 0.0769. The molecule has 0 saturated heterocycles. The summed E-state index contributed by atoms with van der Waals surface area (Å²) in [7, 11) is 1.67. The molecule has 0 spiro atoms. The normalized spacial score (nSPS) is 10.8. The molecule has 3 aromatic rings. The Bertz CT molecular complexity index is 775. The lowest BCUT2D eigenvalue weighted by molar-refractivity contribution is 0.427. The van der Waals surface area contributed by atoms with E-state index in [4.69, 9.17) is 4.74 Å². The molecule has 2 aromatic heterocycles. The lowest BCUT2D eigenvalue weighted by Gasteiger charge is -2.08. The Morgan fingerprint density at radius 1 is 1.20 bits per heavy atom. The molecule has 1 N–H and O–H groups in total. The summed E-state index contributed by atoms with van der Waals surface area (Å²) in [5, 5.41) is 5.28. The van der Waals surface area contributed by atoms with Crippen LogP contribution in [0, 0.1) is 11.6 Å². The first-order valence-electron chi connectivity index (χ1n) is 5.73. The van der Waals surface area contributed by atoms with Crippen LogP contribution in [0.25, 0.3) is 10.2 Å². The van der Waals surface area contributed by atoms with E-state index in [2.05, 4.69) is 15.3 Å². The summed E-state index contributed by atoms with van der Waals surface area (Å²) in [6, 6.07) is 4.79. The van der Waals surface area contributed by atoms with Crippen LogP contribution in [0.1, 0.15) is 0 Å². The Labute approximate surface area is 117 Å². The maximum atomic E-state index is 13.6. The van der Waals surface area contributed by atoms with E-state index >= 15 is 0 Å². The van der Waals surface area contributed by atoms with Gasteiger partial charge in [-0.1, -0.05) is 0 Å². The molecule has 7 heteroatoms. The lowest BCUT2D eigenvalue weighted by atomic mass is 10.3. The third-order valence-corrected chi connectivity index (χ3v) is 3.42. The maximum Gasteiger partial charge on any atom is 0.233 e.